The Balaban J connectivity index is 1.54. The van der Waals surface area contributed by atoms with Gasteiger partial charge in [-0.15, -0.1) is 0 Å². The zero-order chi connectivity index (χ0) is 19.0. The maximum absolute atomic E-state index is 13.0. The molecule has 0 radical (unpaired) electrons. The van der Waals surface area contributed by atoms with Crippen LogP contribution in [-0.2, 0) is 11.3 Å². The summed E-state index contributed by atoms with van der Waals surface area (Å²) in [6.45, 7) is 7.88. The van der Waals surface area contributed by atoms with Crippen molar-refractivity contribution in [3.05, 3.63) is 46.0 Å². The van der Waals surface area contributed by atoms with Gasteiger partial charge >= 0.3 is 0 Å². The molecule has 0 unspecified atom stereocenters. The van der Waals surface area contributed by atoms with E-state index >= 15 is 0 Å². The highest BCUT2D eigenvalue weighted by atomic mass is 35.5. The molecule has 2 aliphatic heterocycles. The molecule has 0 aliphatic carbocycles. The van der Waals surface area contributed by atoms with Crippen LogP contribution >= 0.6 is 11.6 Å². The Morgan fingerprint density at radius 1 is 1.30 bits per heavy atom. The number of pyridine rings is 1. The van der Waals surface area contributed by atoms with E-state index < -0.39 is 0 Å². The summed E-state index contributed by atoms with van der Waals surface area (Å²) < 4.78 is 5.86. The van der Waals surface area contributed by atoms with Crippen molar-refractivity contribution in [1.82, 2.24) is 25.0 Å². The summed E-state index contributed by atoms with van der Waals surface area (Å²) in [6, 6.07) is 5.68. The lowest BCUT2D eigenvalue weighted by Crippen LogP contribution is -2.45. The maximum Gasteiger partial charge on any atom is 0.272 e. The van der Waals surface area contributed by atoms with Crippen LogP contribution in [0.25, 0.3) is 0 Å². The number of H-pyrrole nitrogens is 1. The third-order valence-electron chi connectivity index (χ3n) is 5.27. The molecular weight excluding hydrogens is 366 g/mol. The van der Waals surface area contributed by atoms with Crippen LogP contribution in [0.15, 0.2) is 18.2 Å². The maximum atomic E-state index is 13.0. The topological polar surface area (TPSA) is 74.3 Å². The number of aromatic amines is 1. The Labute approximate surface area is 163 Å². The van der Waals surface area contributed by atoms with Crippen molar-refractivity contribution in [2.75, 3.05) is 32.8 Å². The third-order valence-corrected chi connectivity index (χ3v) is 5.77. The van der Waals surface area contributed by atoms with Gasteiger partial charge in [-0.1, -0.05) is 17.7 Å². The minimum atomic E-state index is -0.00824. The van der Waals surface area contributed by atoms with E-state index in [1.807, 2.05) is 30.9 Å². The molecular formula is C19H24ClN5O2. The number of nitrogens with one attached hydrogen (secondary N) is 1. The standard InChI is InChI=1S/C19H24ClN5O2/c1-12-4-3-5-16(21-12)19(26)25-7-14-6-24(15(8-25)11-27-10-14)9-17-18(20)13(2)22-23-17/h3-5,14-15H,6-11H2,1-2H3,(H,22,23)/t14-,15+/m1/s1. The van der Waals surface area contributed by atoms with E-state index in [0.29, 0.717) is 43.6 Å². The van der Waals surface area contributed by atoms with Crippen LogP contribution in [0.2, 0.25) is 5.02 Å². The van der Waals surface area contributed by atoms with Gasteiger partial charge in [-0.2, -0.15) is 5.10 Å². The molecule has 7 nitrogen and oxygen atoms in total. The van der Waals surface area contributed by atoms with Crippen molar-refractivity contribution in [3.63, 3.8) is 0 Å². The SMILES string of the molecule is Cc1cccc(C(=O)N2C[C@@H]3COC[C@H](C2)N(Cc2n[nH]c(C)c2Cl)C3)n1. The highest BCUT2D eigenvalue weighted by Gasteiger charge is 2.36. The number of aryl methyl sites for hydroxylation is 2. The van der Waals surface area contributed by atoms with Gasteiger partial charge < -0.3 is 9.64 Å². The van der Waals surface area contributed by atoms with E-state index in [0.717, 1.165) is 23.6 Å². The molecule has 2 fully saturated rings. The monoisotopic (exact) mass is 389 g/mol. The lowest BCUT2D eigenvalue weighted by molar-refractivity contribution is 0.0401. The first-order valence-electron chi connectivity index (χ1n) is 9.25. The van der Waals surface area contributed by atoms with Crippen LogP contribution in [0.3, 0.4) is 0 Å². The van der Waals surface area contributed by atoms with Crippen molar-refractivity contribution in [2.45, 2.75) is 26.4 Å². The van der Waals surface area contributed by atoms with Gasteiger partial charge in [0.05, 0.1) is 35.7 Å². The van der Waals surface area contributed by atoms with E-state index in [2.05, 4.69) is 20.1 Å². The van der Waals surface area contributed by atoms with Gasteiger partial charge in [0.15, 0.2) is 0 Å². The molecule has 4 heterocycles. The third kappa shape index (κ3) is 3.85. The predicted molar refractivity (Wildman–Crippen MR) is 102 cm³/mol. The van der Waals surface area contributed by atoms with Gasteiger partial charge in [0.1, 0.15) is 5.69 Å². The van der Waals surface area contributed by atoms with Crippen LogP contribution < -0.4 is 0 Å². The van der Waals surface area contributed by atoms with Crippen molar-refractivity contribution >= 4 is 17.5 Å². The number of hydrogen-bond acceptors (Lipinski definition) is 5. The number of rotatable bonds is 3. The van der Waals surface area contributed by atoms with Gasteiger partial charge in [-0.05, 0) is 26.0 Å². The van der Waals surface area contributed by atoms with Gasteiger partial charge in [-0.25, -0.2) is 4.98 Å². The number of carbonyl (C=O) groups excluding carboxylic acids is 1. The first-order valence-corrected chi connectivity index (χ1v) is 9.63. The van der Waals surface area contributed by atoms with Crippen LogP contribution in [0.4, 0.5) is 0 Å². The summed E-state index contributed by atoms with van der Waals surface area (Å²) in [5, 5.41) is 7.97. The normalized spacial score (nSPS) is 23.3. The fraction of sp³-hybridized carbons (Fsp3) is 0.526. The fourth-order valence-electron chi connectivity index (χ4n) is 3.88. The predicted octanol–water partition coefficient (Wildman–Crippen LogP) is 2.05. The van der Waals surface area contributed by atoms with Crippen molar-refractivity contribution in [3.8, 4) is 0 Å². The molecule has 27 heavy (non-hydrogen) atoms. The first kappa shape index (κ1) is 18.4. The van der Waals surface area contributed by atoms with Crippen LogP contribution in [-0.4, -0.2) is 69.8 Å². The second-order valence-corrected chi connectivity index (χ2v) is 7.85. The number of amides is 1. The summed E-state index contributed by atoms with van der Waals surface area (Å²) in [4.78, 5) is 21.7. The molecule has 2 saturated heterocycles. The minimum absolute atomic E-state index is 0.00824. The average Bonchev–Trinajstić information content (AvgIpc) is 2.80. The van der Waals surface area contributed by atoms with Crippen LogP contribution in [0.5, 0.6) is 0 Å². The minimum Gasteiger partial charge on any atom is -0.379 e. The highest BCUT2D eigenvalue weighted by molar-refractivity contribution is 6.31. The molecule has 2 aromatic heterocycles. The van der Waals surface area contributed by atoms with E-state index in [1.54, 1.807) is 6.07 Å². The van der Waals surface area contributed by atoms with E-state index in [9.17, 15) is 4.79 Å². The number of carbonyl (C=O) groups is 1. The zero-order valence-corrected chi connectivity index (χ0v) is 16.4. The molecule has 1 amide bonds. The number of fused-ring (bicyclic) bond motifs is 3. The summed E-state index contributed by atoms with van der Waals surface area (Å²) in [5.74, 6) is 0.246. The second kappa shape index (κ2) is 7.58. The Kier molecular flexibility index (Phi) is 5.16. The van der Waals surface area contributed by atoms with Crippen LogP contribution in [0.1, 0.15) is 27.6 Å². The average molecular weight is 390 g/mol. The molecule has 0 saturated carbocycles. The lowest BCUT2D eigenvalue weighted by Gasteiger charge is -2.31. The molecule has 8 heteroatoms. The fourth-order valence-corrected chi connectivity index (χ4v) is 4.02. The van der Waals surface area contributed by atoms with Crippen molar-refractivity contribution in [2.24, 2.45) is 5.92 Å². The number of hydrogen-bond donors (Lipinski definition) is 1. The van der Waals surface area contributed by atoms with Gasteiger partial charge in [0.25, 0.3) is 5.91 Å². The quantitative estimate of drug-likeness (QED) is 0.869. The van der Waals surface area contributed by atoms with Crippen molar-refractivity contribution < 1.29 is 9.53 Å². The number of aromatic nitrogens is 3. The Hall–Kier alpha value is -1.96. The second-order valence-electron chi connectivity index (χ2n) is 7.47. The van der Waals surface area contributed by atoms with Crippen LogP contribution in [0, 0.1) is 19.8 Å². The first-order chi connectivity index (χ1) is 13.0. The molecule has 1 N–H and O–H groups in total. The molecule has 0 spiro atoms. The summed E-state index contributed by atoms with van der Waals surface area (Å²) in [6.07, 6.45) is 0. The Morgan fingerprint density at radius 3 is 2.89 bits per heavy atom. The Morgan fingerprint density at radius 2 is 2.15 bits per heavy atom. The summed E-state index contributed by atoms with van der Waals surface area (Å²) in [5.41, 5.74) is 3.08. The van der Waals surface area contributed by atoms with Gasteiger partial charge in [0.2, 0.25) is 0 Å². The van der Waals surface area contributed by atoms with Gasteiger partial charge in [-0.3, -0.25) is 14.8 Å². The highest BCUT2D eigenvalue weighted by Crippen LogP contribution is 2.25. The number of nitrogens with zero attached hydrogens (tertiary/aromatic N) is 4. The zero-order valence-electron chi connectivity index (χ0n) is 15.6. The molecule has 0 aromatic carbocycles. The van der Waals surface area contributed by atoms with E-state index in [-0.39, 0.29) is 17.9 Å². The lowest BCUT2D eigenvalue weighted by atomic mass is 10.1. The molecule has 4 rings (SSSR count). The smallest absolute Gasteiger partial charge is 0.272 e. The van der Waals surface area contributed by atoms with E-state index in [4.69, 9.17) is 16.3 Å². The summed E-state index contributed by atoms with van der Waals surface area (Å²) >= 11 is 6.36. The number of ether oxygens (including phenoxy) is 1. The molecule has 144 valence electrons. The van der Waals surface area contributed by atoms with Gasteiger partial charge in [0, 0.05) is 37.8 Å². The largest absolute Gasteiger partial charge is 0.379 e. The summed E-state index contributed by atoms with van der Waals surface area (Å²) in [7, 11) is 0. The Bertz CT molecular complexity index is 839. The molecule has 2 bridgehead atoms. The van der Waals surface area contributed by atoms with Crippen molar-refractivity contribution in [1.29, 1.82) is 0 Å². The molecule has 2 aliphatic rings. The molecule has 2 atom stereocenters. The number of halogens is 1. The molecule has 2 aromatic rings. The van der Waals surface area contributed by atoms with E-state index in [1.165, 1.54) is 0 Å².